The number of nitrogens with zero attached hydrogens (tertiary/aromatic N) is 5. The molecule has 6 heterocycles. The van der Waals surface area contributed by atoms with Crippen molar-refractivity contribution >= 4 is 27.5 Å². The number of nitrogens with one attached hydrogen (secondary N) is 1. The molecule has 2 unspecified atom stereocenters. The Balaban J connectivity index is 1.16. The highest BCUT2D eigenvalue weighted by atomic mass is 19.1. The molecule has 230 valence electrons. The number of benzene rings is 2. The van der Waals surface area contributed by atoms with Crippen molar-refractivity contribution in [2.45, 2.75) is 75.0 Å². The summed E-state index contributed by atoms with van der Waals surface area (Å²) in [6, 6.07) is 10.3. The molecule has 5 atom stereocenters. The minimum Gasteiger partial charge on any atom is -0.508 e. The van der Waals surface area contributed by atoms with Crippen LogP contribution in [-0.4, -0.2) is 74.9 Å². The van der Waals surface area contributed by atoms with Gasteiger partial charge in [-0.3, -0.25) is 9.88 Å². The summed E-state index contributed by atoms with van der Waals surface area (Å²) in [6.45, 7) is 3.21. The highest BCUT2D eigenvalue weighted by Gasteiger charge is 2.55. The zero-order valence-corrected chi connectivity index (χ0v) is 25.3. The molecule has 2 aromatic heterocycles. The Kier molecular flexibility index (Phi) is 6.23. The fourth-order valence-corrected chi connectivity index (χ4v) is 9.47. The number of rotatable bonds is 5. The number of aromatic hydroxyl groups is 1. The molecule has 1 saturated carbocycles. The molecule has 2 bridgehead atoms. The van der Waals surface area contributed by atoms with Gasteiger partial charge in [0.05, 0.1) is 10.9 Å². The van der Waals surface area contributed by atoms with Gasteiger partial charge >= 0.3 is 6.01 Å². The van der Waals surface area contributed by atoms with Crippen LogP contribution in [0.5, 0.6) is 11.8 Å². The number of halogens is 1. The molecule has 0 radical (unpaired) electrons. The monoisotopic (exact) mass is 604 g/mol. The summed E-state index contributed by atoms with van der Waals surface area (Å²) in [6.07, 6.45) is 17.1. The first-order valence-corrected chi connectivity index (χ1v) is 16.5. The maximum absolute atomic E-state index is 16.9. The van der Waals surface area contributed by atoms with Crippen LogP contribution in [0.2, 0.25) is 0 Å². The summed E-state index contributed by atoms with van der Waals surface area (Å²) in [5, 5.41) is 16.2. The van der Waals surface area contributed by atoms with E-state index in [4.69, 9.17) is 21.1 Å². The molecule has 0 spiro atoms. The smallest absolute Gasteiger partial charge is 0.319 e. The fraction of sp³-hybridized carbons (Fsp3) is 0.472. The van der Waals surface area contributed by atoms with E-state index in [1.807, 2.05) is 18.2 Å². The highest BCUT2D eigenvalue weighted by molar-refractivity contribution is 6.02. The molecule has 4 aromatic rings. The van der Waals surface area contributed by atoms with E-state index in [0.717, 1.165) is 51.2 Å². The second-order valence-electron chi connectivity index (χ2n) is 13.9. The Morgan fingerprint density at radius 1 is 1.11 bits per heavy atom. The molecule has 45 heavy (non-hydrogen) atoms. The van der Waals surface area contributed by atoms with Crippen LogP contribution < -0.4 is 15.0 Å². The molecular formula is C36H37FN6O2. The standard InChI is InChI=1S/C36H37FN6O2/c1-2-21-6-3-7-22-14-26(44)15-27(30(21)22)32-31(37)33-28(17-38-32)34(42-18-24-10-11-25(19-42)39-24)41-35(40-33)45-20-36-12-5-13-43(36)29-9-4-8-23(29)16-36/h1,3,6-7,14-15,17,23-25,29,39,44H,4-5,8-13,16,18-20H2/t23-,24?,25?,29-,36-/m0/s1. The van der Waals surface area contributed by atoms with Gasteiger partial charge in [0.15, 0.2) is 5.82 Å². The van der Waals surface area contributed by atoms with Crippen LogP contribution in [0.3, 0.4) is 0 Å². The first-order valence-electron chi connectivity index (χ1n) is 16.5. The van der Waals surface area contributed by atoms with Crippen molar-refractivity contribution in [3.8, 4) is 35.4 Å². The predicted octanol–water partition coefficient (Wildman–Crippen LogP) is 5.40. The second-order valence-corrected chi connectivity index (χ2v) is 13.9. The van der Waals surface area contributed by atoms with E-state index < -0.39 is 5.82 Å². The van der Waals surface area contributed by atoms with Gasteiger partial charge in [-0.15, -0.1) is 6.42 Å². The van der Waals surface area contributed by atoms with Gasteiger partial charge in [0.1, 0.15) is 29.4 Å². The number of hydrogen-bond acceptors (Lipinski definition) is 8. The number of hydrogen-bond donors (Lipinski definition) is 2. The number of pyridine rings is 1. The molecule has 8 nitrogen and oxygen atoms in total. The van der Waals surface area contributed by atoms with Gasteiger partial charge in [-0.2, -0.15) is 9.97 Å². The third-order valence-electron chi connectivity index (χ3n) is 11.3. The second kappa shape index (κ2) is 10.3. The van der Waals surface area contributed by atoms with Gasteiger partial charge < -0.3 is 20.1 Å². The lowest BCUT2D eigenvalue weighted by Gasteiger charge is -2.35. The van der Waals surface area contributed by atoms with Gasteiger partial charge in [-0.25, -0.2) is 4.39 Å². The number of phenolic OH excluding ortho intramolecular Hbond substituents is 1. The van der Waals surface area contributed by atoms with E-state index in [1.54, 1.807) is 12.3 Å². The molecule has 5 fully saturated rings. The lowest BCUT2D eigenvalue weighted by atomic mass is 9.90. The lowest BCUT2D eigenvalue weighted by molar-refractivity contribution is 0.0832. The third-order valence-corrected chi connectivity index (χ3v) is 11.3. The molecule has 1 aliphatic carbocycles. The number of anilines is 1. The van der Waals surface area contributed by atoms with Crippen LogP contribution in [0.15, 0.2) is 36.5 Å². The van der Waals surface area contributed by atoms with Gasteiger partial charge in [-0.1, -0.05) is 24.5 Å². The van der Waals surface area contributed by atoms with Crippen LogP contribution in [-0.2, 0) is 0 Å². The van der Waals surface area contributed by atoms with Gasteiger partial charge in [-0.05, 0) is 81.0 Å². The molecule has 2 aromatic carbocycles. The summed E-state index contributed by atoms with van der Waals surface area (Å²) < 4.78 is 23.4. The Hall–Kier alpha value is -4.00. The van der Waals surface area contributed by atoms with Crippen molar-refractivity contribution in [3.63, 3.8) is 0 Å². The SMILES string of the molecule is C#Cc1cccc2cc(O)cc(-c3ncc4c(N5CC6CCC(C5)N6)nc(OC[C@@]56CCCN5[C@H]5CCC[C@H]5C6)nc4c3F)c12. The number of aromatic nitrogens is 3. The summed E-state index contributed by atoms with van der Waals surface area (Å²) in [5.41, 5.74) is 1.31. The number of terminal acetylenes is 1. The van der Waals surface area contributed by atoms with E-state index in [0.29, 0.717) is 57.8 Å². The van der Waals surface area contributed by atoms with Gasteiger partial charge in [0.25, 0.3) is 0 Å². The Bertz CT molecular complexity index is 1880. The summed E-state index contributed by atoms with van der Waals surface area (Å²) in [7, 11) is 0. The van der Waals surface area contributed by atoms with Crippen molar-refractivity contribution in [2.24, 2.45) is 5.92 Å². The molecule has 9 rings (SSSR count). The maximum Gasteiger partial charge on any atom is 0.319 e. The predicted molar refractivity (Wildman–Crippen MR) is 172 cm³/mol. The number of fused-ring (bicyclic) bond motifs is 7. The molecular weight excluding hydrogens is 567 g/mol. The third kappa shape index (κ3) is 4.29. The van der Waals surface area contributed by atoms with Crippen molar-refractivity contribution in [1.82, 2.24) is 25.2 Å². The summed E-state index contributed by atoms with van der Waals surface area (Å²) in [4.78, 5) is 19.3. The largest absolute Gasteiger partial charge is 0.508 e. The van der Waals surface area contributed by atoms with Crippen LogP contribution in [0, 0.1) is 24.1 Å². The zero-order valence-electron chi connectivity index (χ0n) is 25.3. The van der Waals surface area contributed by atoms with E-state index in [2.05, 4.69) is 26.0 Å². The van der Waals surface area contributed by atoms with Crippen molar-refractivity contribution < 1.29 is 14.2 Å². The topological polar surface area (TPSA) is 86.6 Å². The first kappa shape index (κ1) is 27.3. The average Bonchev–Trinajstić information content (AvgIpc) is 3.81. The van der Waals surface area contributed by atoms with Crippen molar-refractivity contribution in [1.29, 1.82) is 0 Å². The molecule has 4 aliphatic heterocycles. The first-order chi connectivity index (χ1) is 22.0. The Labute approximate surface area is 262 Å². The molecule has 4 saturated heterocycles. The number of ether oxygens (including phenoxy) is 1. The summed E-state index contributed by atoms with van der Waals surface area (Å²) in [5.74, 6) is 3.56. The van der Waals surface area contributed by atoms with Crippen LogP contribution in [0.1, 0.15) is 56.9 Å². The molecule has 0 amide bonds. The Morgan fingerprint density at radius 3 is 2.82 bits per heavy atom. The Morgan fingerprint density at radius 2 is 1.98 bits per heavy atom. The van der Waals surface area contributed by atoms with Crippen LogP contribution >= 0.6 is 0 Å². The summed E-state index contributed by atoms with van der Waals surface area (Å²) >= 11 is 0. The number of piperazine rings is 1. The molecule has 2 N–H and O–H groups in total. The maximum atomic E-state index is 16.9. The van der Waals surface area contributed by atoms with Crippen molar-refractivity contribution in [2.75, 3.05) is 31.1 Å². The average molecular weight is 605 g/mol. The molecule has 9 heteroatoms. The van der Waals surface area contributed by atoms with Crippen LogP contribution in [0.25, 0.3) is 32.9 Å². The number of phenols is 1. The van der Waals surface area contributed by atoms with Gasteiger partial charge in [0.2, 0.25) is 0 Å². The normalized spacial score (nSPS) is 28.9. The fourth-order valence-electron chi connectivity index (χ4n) is 9.47. The van der Waals surface area contributed by atoms with Crippen molar-refractivity contribution in [3.05, 3.63) is 47.9 Å². The zero-order chi connectivity index (χ0) is 30.3. The minimum absolute atomic E-state index is 0.0104. The molecule has 5 aliphatic rings. The van der Waals surface area contributed by atoms with E-state index in [1.165, 1.54) is 31.7 Å². The highest BCUT2D eigenvalue weighted by Crippen LogP contribution is 2.51. The van der Waals surface area contributed by atoms with E-state index in [-0.39, 0.29) is 28.5 Å². The quantitative estimate of drug-likeness (QED) is 0.293. The lowest BCUT2D eigenvalue weighted by Crippen LogP contribution is -2.51. The minimum atomic E-state index is -0.575. The van der Waals surface area contributed by atoms with E-state index >= 15 is 4.39 Å². The van der Waals surface area contributed by atoms with Crippen LogP contribution in [0.4, 0.5) is 10.2 Å². The van der Waals surface area contributed by atoms with E-state index in [9.17, 15) is 5.11 Å². The van der Waals surface area contributed by atoms with Gasteiger partial charge in [0, 0.05) is 53.9 Å².